The van der Waals surface area contributed by atoms with Crippen molar-refractivity contribution in [3.8, 4) is 0 Å². The topological polar surface area (TPSA) is 50.7 Å². The van der Waals surface area contributed by atoms with Gasteiger partial charge in [-0.2, -0.15) is 5.10 Å². The lowest BCUT2D eigenvalue weighted by molar-refractivity contribution is 0.171. The highest BCUT2D eigenvalue weighted by molar-refractivity contribution is 6.10. The van der Waals surface area contributed by atoms with Crippen LogP contribution in [0.5, 0.6) is 0 Å². The number of carbonyl (C=O) groups is 1. The van der Waals surface area contributed by atoms with E-state index in [4.69, 9.17) is 0 Å². The lowest BCUT2D eigenvalue weighted by Crippen LogP contribution is -2.19. The maximum absolute atomic E-state index is 11.2. The number of nitrogens with one attached hydrogen (secondary N) is 1. The zero-order valence-corrected chi connectivity index (χ0v) is 11.7. The second kappa shape index (κ2) is 7.65. The molecule has 4 heteroatoms. The number of ether oxygens (including phenoxy) is 1. The number of hydrogen-bond acceptors (Lipinski definition) is 3. The summed E-state index contributed by atoms with van der Waals surface area (Å²) in [7, 11) is 1.30. The van der Waals surface area contributed by atoms with Crippen molar-refractivity contribution in [3.63, 3.8) is 0 Å². The van der Waals surface area contributed by atoms with Gasteiger partial charge in [0.2, 0.25) is 0 Å². The molecule has 2 rings (SSSR count). The molecule has 0 radical (unpaired) electrons. The highest BCUT2D eigenvalue weighted by Crippen LogP contribution is 2.06. The summed E-state index contributed by atoms with van der Waals surface area (Å²) >= 11 is 0. The molecule has 21 heavy (non-hydrogen) atoms. The predicted octanol–water partition coefficient (Wildman–Crippen LogP) is 3.46. The molecule has 0 bridgehead atoms. The van der Waals surface area contributed by atoms with Crippen LogP contribution in [-0.2, 0) is 4.74 Å². The average Bonchev–Trinajstić information content (AvgIpc) is 2.56. The Kier molecular flexibility index (Phi) is 5.29. The number of benzene rings is 2. The van der Waals surface area contributed by atoms with Gasteiger partial charge < -0.3 is 4.74 Å². The van der Waals surface area contributed by atoms with Crippen LogP contribution in [0.25, 0.3) is 6.08 Å². The molecule has 0 unspecified atom stereocenters. The van der Waals surface area contributed by atoms with E-state index < -0.39 is 6.09 Å². The molecule has 1 amide bonds. The monoisotopic (exact) mass is 280 g/mol. The van der Waals surface area contributed by atoms with Crippen molar-refractivity contribution in [2.45, 2.75) is 0 Å². The maximum atomic E-state index is 11.2. The first-order chi connectivity index (χ1) is 10.3. The molecule has 0 heterocycles. The quantitative estimate of drug-likeness (QED) is 0.688. The fourth-order valence-corrected chi connectivity index (χ4v) is 1.70. The van der Waals surface area contributed by atoms with Crippen molar-refractivity contribution in [1.29, 1.82) is 0 Å². The van der Waals surface area contributed by atoms with E-state index in [2.05, 4.69) is 15.3 Å². The van der Waals surface area contributed by atoms with E-state index in [-0.39, 0.29) is 0 Å². The smallest absolute Gasteiger partial charge is 0.427 e. The van der Waals surface area contributed by atoms with Gasteiger partial charge in [-0.1, -0.05) is 66.7 Å². The Balaban J connectivity index is 2.24. The Bertz CT molecular complexity index is 634. The zero-order valence-electron chi connectivity index (χ0n) is 11.7. The van der Waals surface area contributed by atoms with Crippen molar-refractivity contribution < 1.29 is 9.53 Å². The van der Waals surface area contributed by atoms with E-state index in [1.165, 1.54) is 7.11 Å². The highest BCUT2D eigenvalue weighted by atomic mass is 16.5. The Morgan fingerprint density at radius 2 is 1.67 bits per heavy atom. The second-order valence-corrected chi connectivity index (χ2v) is 4.21. The van der Waals surface area contributed by atoms with Gasteiger partial charge in [0, 0.05) is 5.56 Å². The van der Waals surface area contributed by atoms with Gasteiger partial charge in [-0.3, -0.25) is 0 Å². The minimum Gasteiger partial charge on any atom is -0.452 e. The van der Waals surface area contributed by atoms with Crippen LogP contribution < -0.4 is 5.43 Å². The number of carbonyl (C=O) groups excluding carboxylic acids is 1. The number of hydrogen-bond donors (Lipinski definition) is 1. The second-order valence-electron chi connectivity index (χ2n) is 4.21. The summed E-state index contributed by atoms with van der Waals surface area (Å²) in [6, 6.07) is 19.5. The number of hydrazone groups is 1. The molecule has 0 fully saturated rings. The molecule has 0 saturated carbocycles. The molecule has 2 aromatic carbocycles. The molecule has 0 atom stereocenters. The highest BCUT2D eigenvalue weighted by Gasteiger charge is 2.01. The first-order valence-corrected chi connectivity index (χ1v) is 6.50. The van der Waals surface area contributed by atoms with Crippen LogP contribution in [-0.4, -0.2) is 18.9 Å². The third-order valence-corrected chi connectivity index (χ3v) is 2.76. The zero-order chi connectivity index (χ0) is 14.9. The van der Waals surface area contributed by atoms with Crippen molar-refractivity contribution in [1.82, 2.24) is 5.43 Å². The van der Waals surface area contributed by atoms with Crippen LogP contribution in [0.2, 0.25) is 0 Å². The van der Waals surface area contributed by atoms with Crippen LogP contribution in [0.15, 0.2) is 71.8 Å². The molecule has 0 aromatic heterocycles. The molecule has 0 spiro atoms. The lowest BCUT2D eigenvalue weighted by Gasteiger charge is -2.03. The molecule has 0 aliphatic heterocycles. The van der Waals surface area contributed by atoms with Gasteiger partial charge in [0.15, 0.2) is 0 Å². The van der Waals surface area contributed by atoms with Gasteiger partial charge in [0.05, 0.1) is 12.8 Å². The normalized spacial score (nSPS) is 11.4. The van der Waals surface area contributed by atoms with Gasteiger partial charge >= 0.3 is 6.09 Å². The molecule has 106 valence electrons. The number of amides is 1. The molecule has 0 aliphatic rings. The summed E-state index contributed by atoms with van der Waals surface area (Å²) in [6.07, 6.45) is 3.18. The van der Waals surface area contributed by atoms with Crippen molar-refractivity contribution >= 4 is 17.9 Å². The Morgan fingerprint density at radius 1 is 1.05 bits per heavy atom. The third kappa shape index (κ3) is 4.62. The van der Waals surface area contributed by atoms with E-state index in [0.717, 1.165) is 11.1 Å². The summed E-state index contributed by atoms with van der Waals surface area (Å²) in [5.74, 6) is 0. The van der Waals surface area contributed by atoms with Crippen molar-refractivity contribution in [2.24, 2.45) is 5.10 Å². The summed E-state index contributed by atoms with van der Waals surface area (Å²) < 4.78 is 4.52. The number of rotatable bonds is 4. The molecule has 2 aromatic rings. The van der Waals surface area contributed by atoms with Crippen molar-refractivity contribution in [2.75, 3.05) is 7.11 Å². The summed E-state index contributed by atoms with van der Waals surface area (Å²) in [6.45, 7) is 0. The van der Waals surface area contributed by atoms with Gasteiger partial charge in [0.1, 0.15) is 0 Å². The lowest BCUT2D eigenvalue weighted by atomic mass is 10.1. The molecule has 1 N–H and O–H groups in total. The standard InChI is InChI=1S/C17H16N2O2/c1-21-17(20)19-18-16(15-10-6-3-7-11-15)13-12-14-8-4-2-5-9-14/h2-13H,1H3,(H,19,20)/b13-12+,18-16-. The SMILES string of the molecule is COC(=O)N/N=C(/C=C/c1ccccc1)c1ccccc1. The predicted molar refractivity (Wildman–Crippen MR) is 84.0 cm³/mol. The van der Waals surface area contributed by atoms with Gasteiger partial charge in [0.25, 0.3) is 0 Å². The third-order valence-electron chi connectivity index (χ3n) is 2.76. The van der Waals surface area contributed by atoms with Crippen LogP contribution >= 0.6 is 0 Å². The molecular weight excluding hydrogens is 264 g/mol. The minimum atomic E-state index is -0.600. The van der Waals surface area contributed by atoms with Crippen LogP contribution in [0.3, 0.4) is 0 Å². The Labute approximate surface area is 123 Å². The fourth-order valence-electron chi connectivity index (χ4n) is 1.70. The van der Waals surface area contributed by atoms with Crippen LogP contribution in [0.1, 0.15) is 11.1 Å². The van der Waals surface area contributed by atoms with E-state index >= 15 is 0 Å². The first-order valence-electron chi connectivity index (χ1n) is 6.50. The van der Waals surface area contributed by atoms with Crippen LogP contribution in [0, 0.1) is 0 Å². The summed E-state index contributed by atoms with van der Waals surface area (Å²) in [4.78, 5) is 11.2. The first kappa shape index (κ1) is 14.5. The van der Waals surface area contributed by atoms with E-state index in [1.54, 1.807) is 0 Å². The van der Waals surface area contributed by atoms with Gasteiger partial charge in [-0.15, -0.1) is 0 Å². The number of nitrogens with zero attached hydrogens (tertiary/aromatic N) is 1. The molecule has 0 aliphatic carbocycles. The van der Waals surface area contributed by atoms with Gasteiger partial charge in [-0.25, -0.2) is 10.2 Å². The molecule has 4 nitrogen and oxygen atoms in total. The van der Waals surface area contributed by atoms with E-state index in [9.17, 15) is 4.79 Å². The average molecular weight is 280 g/mol. The minimum absolute atomic E-state index is 0.600. The molecular formula is C17H16N2O2. The summed E-state index contributed by atoms with van der Waals surface area (Å²) in [5, 5.41) is 4.09. The molecule has 0 saturated heterocycles. The number of allylic oxidation sites excluding steroid dienone is 1. The van der Waals surface area contributed by atoms with Gasteiger partial charge in [-0.05, 0) is 11.6 Å². The van der Waals surface area contributed by atoms with E-state index in [1.807, 2.05) is 72.8 Å². The Hall–Kier alpha value is -2.88. The largest absolute Gasteiger partial charge is 0.452 e. The fraction of sp³-hybridized carbons (Fsp3) is 0.0588. The maximum Gasteiger partial charge on any atom is 0.427 e. The van der Waals surface area contributed by atoms with Crippen molar-refractivity contribution in [3.05, 3.63) is 77.9 Å². The summed E-state index contributed by atoms with van der Waals surface area (Å²) in [5.41, 5.74) is 4.94. The van der Waals surface area contributed by atoms with E-state index in [0.29, 0.717) is 5.71 Å². The number of methoxy groups -OCH3 is 1. The van der Waals surface area contributed by atoms with Crippen LogP contribution in [0.4, 0.5) is 4.79 Å². The Morgan fingerprint density at radius 3 is 2.29 bits per heavy atom.